The van der Waals surface area contributed by atoms with E-state index in [1.807, 2.05) is 0 Å². The first kappa shape index (κ1) is 80.1. The SMILES string of the molecule is c1cc(-c2ccc(-c3ccc4c(c3)-c3ccccc3C4)cc2)cc(-n2c3ccccc3c3cc(-n4c5ccccc5c5ccccc54)ccc32)c1.c1cc(-c2ccc(-c3ccc4c(c3)-c3ccccc3C4)cc2)cc(-n2c3ccccc3c3cc(-n4c5ccccc5c5ccccc54)ccc32)c1.c1ccc(-c2cccc(-n3c4ccccc4c4cc(-n5c6ccccc6c6ccccc65)ccc43)c2)cc1. The van der Waals surface area contributed by atoms with Crippen molar-refractivity contribution < 1.29 is 0 Å². The molecule has 2 aliphatic carbocycles. The summed E-state index contributed by atoms with van der Waals surface area (Å²) in [6.07, 6.45) is 2.05. The summed E-state index contributed by atoms with van der Waals surface area (Å²) in [4.78, 5) is 0. The third-order valence-corrected chi connectivity index (χ3v) is 29.6. The van der Waals surface area contributed by atoms with Crippen molar-refractivity contribution in [2.75, 3.05) is 0 Å². The lowest BCUT2D eigenvalue weighted by molar-refractivity contribution is 1.17. The maximum Gasteiger partial charge on any atom is 0.0542 e. The molecule has 22 aromatic carbocycles. The van der Waals surface area contributed by atoms with Gasteiger partial charge in [-0.3, -0.25) is 0 Å². The van der Waals surface area contributed by atoms with E-state index in [9.17, 15) is 0 Å². The fourth-order valence-corrected chi connectivity index (χ4v) is 23.2. The van der Waals surface area contributed by atoms with Crippen molar-refractivity contribution >= 4 is 131 Å². The summed E-state index contributed by atoms with van der Waals surface area (Å²) >= 11 is 0. The van der Waals surface area contributed by atoms with Crippen molar-refractivity contribution in [2.24, 2.45) is 0 Å². The Balaban J connectivity index is 0.000000104. The van der Waals surface area contributed by atoms with Crippen LogP contribution >= 0.6 is 0 Å². The number of para-hydroxylation sites is 9. The highest BCUT2D eigenvalue weighted by Gasteiger charge is 2.26. The molecule has 6 heteroatoms. The Morgan fingerprint density at radius 3 is 0.579 bits per heavy atom. The van der Waals surface area contributed by atoms with Crippen molar-refractivity contribution in [1.29, 1.82) is 0 Å². The summed E-state index contributed by atoms with van der Waals surface area (Å²) in [5.41, 5.74) is 45.0. The molecule has 0 saturated carbocycles. The molecule has 140 heavy (non-hydrogen) atoms. The minimum atomic E-state index is 1.02. The number of benzene rings is 22. The lowest BCUT2D eigenvalue weighted by Crippen LogP contribution is -1.96. The molecule has 6 aromatic heterocycles. The number of aromatic nitrogens is 6. The summed E-state index contributed by atoms with van der Waals surface area (Å²) in [7, 11) is 0. The van der Waals surface area contributed by atoms with Gasteiger partial charge >= 0.3 is 0 Å². The number of fused-ring (bicyclic) bond motifs is 24. The van der Waals surface area contributed by atoms with Crippen molar-refractivity contribution in [1.82, 2.24) is 27.4 Å². The molecule has 0 amide bonds. The van der Waals surface area contributed by atoms with E-state index >= 15 is 0 Å². The first-order valence-corrected chi connectivity index (χ1v) is 48.5. The summed E-state index contributed by atoms with van der Waals surface area (Å²) in [6.45, 7) is 0. The van der Waals surface area contributed by atoms with Gasteiger partial charge in [-0.05, 0) is 271 Å². The molecule has 30 rings (SSSR count). The van der Waals surface area contributed by atoms with Crippen molar-refractivity contribution in [3.8, 4) is 112 Å². The Kier molecular flexibility index (Phi) is 18.7. The lowest BCUT2D eigenvalue weighted by atomic mass is 9.96. The van der Waals surface area contributed by atoms with Crippen molar-refractivity contribution in [2.45, 2.75) is 12.8 Å². The second-order valence-electron chi connectivity index (χ2n) is 37.4. The third-order valence-electron chi connectivity index (χ3n) is 29.6. The van der Waals surface area contributed by atoms with Gasteiger partial charge in [-0.2, -0.15) is 0 Å². The largest absolute Gasteiger partial charge is 0.309 e. The first-order valence-electron chi connectivity index (χ1n) is 48.5. The van der Waals surface area contributed by atoms with Gasteiger partial charge in [-0.1, -0.05) is 352 Å². The fourth-order valence-electron chi connectivity index (χ4n) is 23.2. The van der Waals surface area contributed by atoms with Crippen LogP contribution in [0.2, 0.25) is 0 Å². The van der Waals surface area contributed by atoms with Gasteiger partial charge in [-0.25, -0.2) is 0 Å². The van der Waals surface area contributed by atoms with Crippen LogP contribution in [0.4, 0.5) is 0 Å². The normalized spacial score (nSPS) is 12.1. The number of hydrogen-bond acceptors (Lipinski definition) is 0. The van der Waals surface area contributed by atoms with Crippen molar-refractivity contribution in [3.63, 3.8) is 0 Å². The molecule has 0 fully saturated rings. The smallest absolute Gasteiger partial charge is 0.0542 e. The highest BCUT2D eigenvalue weighted by atomic mass is 15.0. The summed E-state index contributed by atoms with van der Waals surface area (Å²) in [5.74, 6) is 0. The van der Waals surface area contributed by atoms with E-state index in [4.69, 9.17) is 0 Å². The van der Waals surface area contributed by atoms with Gasteiger partial charge in [0, 0.05) is 98.8 Å². The highest BCUT2D eigenvalue weighted by molar-refractivity contribution is 6.17. The van der Waals surface area contributed by atoms with Gasteiger partial charge in [0.15, 0.2) is 0 Å². The molecule has 0 unspecified atom stereocenters. The quantitative estimate of drug-likeness (QED) is 0.124. The number of hydrogen-bond donors (Lipinski definition) is 0. The Morgan fingerprint density at radius 1 is 0.107 bits per heavy atom. The second kappa shape index (κ2) is 32.7. The van der Waals surface area contributed by atoms with Gasteiger partial charge in [0.1, 0.15) is 0 Å². The summed E-state index contributed by atoms with van der Waals surface area (Å²) in [5, 5.41) is 15.2. The van der Waals surface area contributed by atoms with E-state index < -0.39 is 0 Å². The van der Waals surface area contributed by atoms with Crippen LogP contribution in [0.5, 0.6) is 0 Å². The molecular formula is C134H88N6. The topological polar surface area (TPSA) is 29.6 Å². The minimum absolute atomic E-state index is 1.02. The molecule has 28 aromatic rings. The van der Waals surface area contributed by atoms with E-state index in [2.05, 4.69) is 537 Å². The molecule has 0 saturated heterocycles. The van der Waals surface area contributed by atoms with E-state index in [1.54, 1.807) is 0 Å². The minimum Gasteiger partial charge on any atom is -0.309 e. The Bertz CT molecular complexity index is 9320. The summed E-state index contributed by atoms with van der Waals surface area (Å²) < 4.78 is 14.4. The van der Waals surface area contributed by atoms with Crippen LogP contribution in [0, 0.1) is 0 Å². The predicted octanol–water partition coefficient (Wildman–Crippen LogP) is 35.1. The van der Waals surface area contributed by atoms with Crippen molar-refractivity contribution in [3.05, 3.63) is 532 Å². The molecule has 6 heterocycles. The summed E-state index contributed by atoms with van der Waals surface area (Å²) in [6, 6.07) is 186. The van der Waals surface area contributed by atoms with E-state index in [-0.39, 0.29) is 0 Å². The van der Waals surface area contributed by atoms with Crippen LogP contribution in [0.3, 0.4) is 0 Å². The average molecular weight is 1780 g/mol. The maximum absolute atomic E-state index is 2.42. The fraction of sp³-hybridized carbons (Fsp3) is 0.0149. The molecular weight excluding hydrogens is 1690 g/mol. The van der Waals surface area contributed by atoms with Crippen LogP contribution in [-0.2, 0) is 12.8 Å². The monoisotopic (exact) mass is 1780 g/mol. The van der Waals surface area contributed by atoms with Crippen LogP contribution in [0.1, 0.15) is 22.3 Å². The molecule has 0 aliphatic heterocycles. The van der Waals surface area contributed by atoms with Gasteiger partial charge in [0.05, 0.1) is 66.2 Å². The maximum atomic E-state index is 2.42. The average Bonchev–Trinajstić information content (AvgIpc) is 1.58. The van der Waals surface area contributed by atoms with Crippen LogP contribution in [-0.4, -0.2) is 27.4 Å². The molecule has 0 N–H and O–H groups in total. The third kappa shape index (κ3) is 13.2. The highest BCUT2D eigenvalue weighted by Crippen LogP contribution is 2.47. The standard InChI is InChI=1S/2C49H32N2.C36H24N2/c2*1-2-13-40-36(10-1)28-37-25-24-35(30-44(37)40)33-22-20-32(21-23-33)34-11-9-12-38(29-34)50-48-19-8-5-16-43(48)45-31-39(26-27-49(45)50)51-46-17-6-3-14-41(46)42-15-4-7-18-47(42)51;1-2-11-25(12-3-1)26-13-10-14-27(23-26)37-35-20-9-6-17-31(35)32-24-28(21-22-36(32)37)38-33-18-7-4-15-29(33)30-16-5-8-19-34(30)38/h2*1-27,29-31H,28H2;1-24H. The van der Waals surface area contributed by atoms with Crippen LogP contribution in [0.25, 0.3) is 243 Å². The zero-order chi connectivity index (χ0) is 92.0. The Morgan fingerprint density at radius 2 is 0.300 bits per heavy atom. The molecule has 0 atom stereocenters. The molecule has 0 spiro atoms. The van der Waals surface area contributed by atoms with Crippen LogP contribution in [0.15, 0.2) is 510 Å². The molecule has 2 aliphatic rings. The second-order valence-corrected chi connectivity index (χ2v) is 37.4. The van der Waals surface area contributed by atoms with Gasteiger partial charge in [0.25, 0.3) is 0 Å². The van der Waals surface area contributed by atoms with E-state index in [0.29, 0.717) is 0 Å². The Hall–Kier alpha value is -18.4. The molecule has 0 bridgehead atoms. The molecule has 654 valence electrons. The Labute approximate surface area is 809 Å². The van der Waals surface area contributed by atoms with Gasteiger partial charge < -0.3 is 27.4 Å². The first-order chi connectivity index (χ1) is 69.4. The number of rotatable bonds is 11. The van der Waals surface area contributed by atoms with E-state index in [1.165, 1.54) is 254 Å². The van der Waals surface area contributed by atoms with Gasteiger partial charge in [0.2, 0.25) is 0 Å². The van der Waals surface area contributed by atoms with Gasteiger partial charge in [-0.15, -0.1) is 0 Å². The number of nitrogens with zero attached hydrogens (tertiary/aromatic N) is 6. The van der Waals surface area contributed by atoms with E-state index in [0.717, 1.165) is 24.2 Å². The zero-order valence-corrected chi connectivity index (χ0v) is 76.6. The lowest BCUT2D eigenvalue weighted by Gasteiger charge is -2.12. The zero-order valence-electron chi connectivity index (χ0n) is 76.6. The predicted molar refractivity (Wildman–Crippen MR) is 589 cm³/mol. The van der Waals surface area contributed by atoms with Crippen LogP contribution < -0.4 is 0 Å². The molecule has 0 radical (unpaired) electrons. The molecule has 6 nitrogen and oxygen atoms in total.